The number of nitrogens with zero attached hydrogens (tertiary/aromatic N) is 3. The molecule has 0 amide bonds. The van der Waals surface area contributed by atoms with E-state index in [4.69, 9.17) is 10.4 Å². The standard InChI is InChI=1S/C11H12N4O4S/c12-6-8-10(2-1-3-14-8)20(18,19)15-5-4-13-7-9(15)11(16)17/h1-3,9,13H,4-5,7H2,(H,16,17). The second kappa shape index (κ2) is 5.54. The summed E-state index contributed by atoms with van der Waals surface area (Å²) in [4.78, 5) is 14.6. The van der Waals surface area contributed by atoms with Crippen molar-refractivity contribution in [2.75, 3.05) is 19.6 Å². The van der Waals surface area contributed by atoms with Crippen LogP contribution in [0.4, 0.5) is 0 Å². The number of nitrogens with one attached hydrogen (secondary N) is 1. The molecular weight excluding hydrogens is 284 g/mol. The molecule has 1 aliphatic rings. The monoisotopic (exact) mass is 296 g/mol. The normalized spacial score (nSPS) is 20.2. The number of carboxylic acids is 1. The molecule has 1 aromatic rings. The maximum Gasteiger partial charge on any atom is 0.323 e. The molecule has 0 aliphatic carbocycles. The van der Waals surface area contributed by atoms with Gasteiger partial charge in [-0.05, 0) is 12.1 Å². The first-order valence-corrected chi connectivity index (χ1v) is 7.23. The number of piperazine rings is 1. The van der Waals surface area contributed by atoms with Gasteiger partial charge in [-0.3, -0.25) is 4.79 Å². The van der Waals surface area contributed by atoms with Crippen LogP contribution in [0.3, 0.4) is 0 Å². The lowest BCUT2D eigenvalue weighted by molar-refractivity contribution is -0.141. The van der Waals surface area contributed by atoms with Gasteiger partial charge in [0.05, 0.1) is 0 Å². The molecule has 0 aromatic carbocycles. The topological polar surface area (TPSA) is 123 Å². The predicted octanol–water partition coefficient (Wildman–Crippen LogP) is -1.000. The van der Waals surface area contributed by atoms with Crippen LogP contribution in [-0.2, 0) is 14.8 Å². The number of nitriles is 1. The van der Waals surface area contributed by atoms with Crippen molar-refractivity contribution in [1.29, 1.82) is 5.26 Å². The number of carboxylic acid groups (broad SMARTS) is 1. The molecule has 2 heterocycles. The first-order chi connectivity index (χ1) is 9.48. The zero-order valence-corrected chi connectivity index (χ0v) is 11.2. The largest absolute Gasteiger partial charge is 0.480 e. The Morgan fingerprint density at radius 2 is 2.35 bits per heavy atom. The number of hydrogen-bond donors (Lipinski definition) is 2. The van der Waals surface area contributed by atoms with E-state index in [1.165, 1.54) is 18.3 Å². The molecule has 1 unspecified atom stereocenters. The molecule has 1 atom stereocenters. The van der Waals surface area contributed by atoms with Crippen molar-refractivity contribution in [1.82, 2.24) is 14.6 Å². The molecule has 2 rings (SSSR count). The van der Waals surface area contributed by atoms with Crippen LogP contribution in [0.25, 0.3) is 0 Å². The van der Waals surface area contributed by atoms with Crippen LogP contribution >= 0.6 is 0 Å². The summed E-state index contributed by atoms with van der Waals surface area (Å²) in [5.41, 5.74) is -0.241. The van der Waals surface area contributed by atoms with Crippen LogP contribution in [0.15, 0.2) is 23.2 Å². The zero-order chi connectivity index (χ0) is 14.8. The van der Waals surface area contributed by atoms with E-state index in [9.17, 15) is 13.2 Å². The van der Waals surface area contributed by atoms with Gasteiger partial charge >= 0.3 is 5.97 Å². The number of aromatic nitrogens is 1. The van der Waals surface area contributed by atoms with Gasteiger partial charge < -0.3 is 10.4 Å². The van der Waals surface area contributed by atoms with E-state index in [1.807, 2.05) is 0 Å². The van der Waals surface area contributed by atoms with E-state index in [1.54, 1.807) is 6.07 Å². The maximum atomic E-state index is 12.5. The molecule has 0 radical (unpaired) electrons. The number of pyridine rings is 1. The molecule has 1 saturated heterocycles. The van der Waals surface area contributed by atoms with E-state index < -0.39 is 22.0 Å². The Morgan fingerprint density at radius 3 is 3.00 bits per heavy atom. The smallest absolute Gasteiger partial charge is 0.323 e. The molecular formula is C11H12N4O4S. The summed E-state index contributed by atoms with van der Waals surface area (Å²) in [5, 5.41) is 20.9. The summed E-state index contributed by atoms with van der Waals surface area (Å²) in [7, 11) is -4.07. The van der Waals surface area contributed by atoms with Gasteiger partial charge in [0, 0.05) is 25.8 Å². The van der Waals surface area contributed by atoms with E-state index in [2.05, 4.69) is 10.3 Å². The lowest BCUT2D eigenvalue weighted by Gasteiger charge is -2.32. The van der Waals surface area contributed by atoms with Crippen molar-refractivity contribution in [2.24, 2.45) is 0 Å². The van der Waals surface area contributed by atoms with Gasteiger partial charge in [-0.15, -0.1) is 0 Å². The summed E-state index contributed by atoms with van der Waals surface area (Å²) < 4.78 is 25.9. The molecule has 0 spiro atoms. The lowest BCUT2D eigenvalue weighted by atomic mass is 10.2. The molecule has 106 valence electrons. The first kappa shape index (κ1) is 14.4. The number of aliphatic carboxylic acids is 1. The van der Waals surface area contributed by atoms with Gasteiger partial charge in [-0.2, -0.15) is 9.57 Å². The van der Waals surface area contributed by atoms with Gasteiger partial charge in [-0.25, -0.2) is 13.4 Å². The van der Waals surface area contributed by atoms with Gasteiger partial charge in [0.2, 0.25) is 10.0 Å². The minimum absolute atomic E-state index is 0.0245. The van der Waals surface area contributed by atoms with Crippen molar-refractivity contribution in [3.05, 3.63) is 24.0 Å². The average molecular weight is 296 g/mol. The maximum absolute atomic E-state index is 12.5. The Hall–Kier alpha value is -2.02. The predicted molar refractivity (Wildman–Crippen MR) is 67.1 cm³/mol. The molecule has 1 aromatic heterocycles. The third-order valence-electron chi connectivity index (χ3n) is 2.94. The highest BCUT2D eigenvalue weighted by Gasteiger charge is 2.38. The quantitative estimate of drug-likeness (QED) is 0.733. The highest BCUT2D eigenvalue weighted by Crippen LogP contribution is 2.21. The zero-order valence-electron chi connectivity index (χ0n) is 10.4. The fourth-order valence-corrected chi connectivity index (χ4v) is 3.67. The number of sulfonamides is 1. The van der Waals surface area contributed by atoms with E-state index in [0.29, 0.717) is 6.54 Å². The Morgan fingerprint density at radius 1 is 1.60 bits per heavy atom. The molecule has 1 aliphatic heterocycles. The van der Waals surface area contributed by atoms with Crippen LogP contribution in [0.5, 0.6) is 0 Å². The minimum atomic E-state index is -4.07. The van der Waals surface area contributed by atoms with Crippen molar-refractivity contribution in [3.63, 3.8) is 0 Å². The Labute approximate surface area is 115 Å². The lowest BCUT2D eigenvalue weighted by Crippen LogP contribution is -2.56. The number of hydrogen-bond acceptors (Lipinski definition) is 6. The summed E-state index contributed by atoms with van der Waals surface area (Å²) in [5.74, 6) is -1.23. The SMILES string of the molecule is N#Cc1ncccc1S(=O)(=O)N1CCNCC1C(=O)O. The Kier molecular flexibility index (Phi) is 3.99. The third kappa shape index (κ3) is 2.49. The Balaban J connectivity index is 2.48. The Bertz CT molecular complexity index is 667. The van der Waals surface area contributed by atoms with Gasteiger partial charge in [0.1, 0.15) is 17.0 Å². The number of carbonyl (C=O) groups is 1. The van der Waals surface area contributed by atoms with E-state index in [-0.39, 0.29) is 23.7 Å². The molecule has 8 nitrogen and oxygen atoms in total. The molecule has 0 saturated carbocycles. The van der Waals surface area contributed by atoms with E-state index >= 15 is 0 Å². The average Bonchev–Trinajstić information content (AvgIpc) is 2.47. The third-order valence-corrected chi connectivity index (χ3v) is 4.88. The summed E-state index contributed by atoms with van der Waals surface area (Å²) in [6.45, 7) is 0.404. The van der Waals surface area contributed by atoms with Gasteiger partial charge in [0.15, 0.2) is 5.69 Å². The highest BCUT2D eigenvalue weighted by atomic mass is 32.2. The van der Waals surface area contributed by atoms with Crippen molar-refractivity contribution < 1.29 is 18.3 Å². The summed E-state index contributed by atoms with van der Waals surface area (Å²) in [6.07, 6.45) is 1.31. The van der Waals surface area contributed by atoms with Crippen molar-refractivity contribution in [3.8, 4) is 6.07 Å². The van der Waals surface area contributed by atoms with Crippen LogP contribution in [-0.4, -0.2) is 54.5 Å². The highest BCUT2D eigenvalue weighted by molar-refractivity contribution is 7.89. The second-order valence-electron chi connectivity index (χ2n) is 4.14. The fraction of sp³-hybridized carbons (Fsp3) is 0.364. The van der Waals surface area contributed by atoms with Gasteiger partial charge in [-0.1, -0.05) is 0 Å². The molecule has 0 bridgehead atoms. The van der Waals surface area contributed by atoms with Crippen LogP contribution < -0.4 is 5.32 Å². The summed E-state index contributed by atoms with van der Waals surface area (Å²) >= 11 is 0. The fourth-order valence-electron chi connectivity index (χ4n) is 1.99. The second-order valence-corrected chi connectivity index (χ2v) is 5.99. The van der Waals surface area contributed by atoms with Crippen LogP contribution in [0.1, 0.15) is 5.69 Å². The minimum Gasteiger partial charge on any atom is -0.480 e. The van der Waals surface area contributed by atoms with Crippen molar-refractivity contribution >= 4 is 16.0 Å². The molecule has 1 fully saturated rings. The van der Waals surface area contributed by atoms with Crippen LogP contribution in [0.2, 0.25) is 0 Å². The summed E-state index contributed by atoms with van der Waals surface area (Å²) in [6, 6.07) is 3.16. The van der Waals surface area contributed by atoms with Crippen molar-refractivity contribution in [2.45, 2.75) is 10.9 Å². The first-order valence-electron chi connectivity index (χ1n) is 5.79. The van der Waals surface area contributed by atoms with E-state index in [0.717, 1.165) is 4.31 Å². The molecule has 2 N–H and O–H groups in total. The molecule has 9 heteroatoms. The van der Waals surface area contributed by atoms with Gasteiger partial charge in [0.25, 0.3) is 0 Å². The molecule has 20 heavy (non-hydrogen) atoms. The van der Waals surface area contributed by atoms with Crippen LogP contribution in [0, 0.1) is 11.3 Å². The number of rotatable bonds is 3.